The van der Waals surface area contributed by atoms with Gasteiger partial charge in [-0.3, -0.25) is 4.98 Å². The molecule has 2 aliphatic carbocycles. The molecule has 54 heavy (non-hydrogen) atoms. The molecule has 0 spiro atoms. The van der Waals surface area contributed by atoms with Gasteiger partial charge in [0.1, 0.15) is 5.52 Å². The van der Waals surface area contributed by atoms with E-state index in [1.807, 2.05) is 60.3 Å². The third-order valence-electron chi connectivity index (χ3n) is 9.95. The molecule has 4 aliphatic rings. The predicted molar refractivity (Wildman–Crippen MR) is 224 cm³/mol. The zero-order valence-electron chi connectivity index (χ0n) is 29.7. The predicted octanol–water partition coefficient (Wildman–Crippen LogP) is 11.8. The number of aromatic amines is 2. The summed E-state index contributed by atoms with van der Waals surface area (Å²) in [6.07, 6.45) is 17.1. The number of ether oxygens (including phenoxy) is 1. The Morgan fingerprint density at radius 1 is 0.593 bits per heavy atom. The van der Waals surface area contributed by atoms with Crippen LogP contribution in [0.1, 0.15) is 24.1 Å². The summed E-state index contributed by atoms with van der Waals surface area (Å²) < 4.78 is 5.71. The second kappa shape index (κ2) is 15.4. The zero-order chi connectivity index (χ0) is 36.1. The summed E-state index contributed by atoms with van der Waals surface area (Å²) in [6, 6.07) is 41.5. The van der Waals surface area contributed by atoms with Gasteiger partial charge in [-0.1, -0.05) is 97.1 Å². The maximum Gasteiger partial charge on any atom is 0.156 e. The lowest BCUT2D eigenvalue weighted by atomic mass is 9.98. The molecule has 266 valence electrons. The van der Waals surface area contributed by atoms with Gasteiger partial charge in [-0.2, -0.15) is 0 Å². The van der Waals surface area contributed by atoms with Crippen LogP contribution in [0.25, 0.3) is 33.0 Å². The van der Waals surface area contributed by atoms with Crippen molar-refractivity contribution < 1.29 is 4.74 Å². The second-order valence-corrected chi connectivity index (χ2v) is 14.7. The van der Waals surface area contributed by atoms with Crippen LogP contribution in [0.3, 0.4) is 0 Å². The molecule has 8 aromatic rings. The van der Waals surface area contributed by atoms with E-state index in [9.17, 15) is 0 Å². The van der Waals surface area contributed by atoms with Crippen LogP contribution in [-0.4, -0.2) is 31.2 Å². The summed E-state index contributed by atoms with van der Waals surface area (Å²) in [4.78, 5) is 16.7. The van der Waals surface area contributed by atoms with E-state index in [-0.39, 0.29) is 0 Å². The van der Waals surface area contributed by atoms with E-state index in [2.05, 4.69) is 128 Å². The molecular weight excluding hydrogens is 685 g/mol. The Labute approximate surface area is 318 Å². The van der Waals surface area contributed by atoms with E-state index < -0.39 is 0 Å². The number of nitrogens with zero attached hydrogens (tertiary/aromatic N) is 2. The molecule has 12 rings (SSSR count). The van der Waals surface area contributed by atoms with E-state index in [4.69, 9.17) is 4.74 Å². The number of rotatable bonds is 0. The minimum absolute atomic E-state index is 0.458. The second-order valence-electron chi connectivity index (χ2n) is 13.5. The van der Waals surface area contributed by atoms with Crippen LogP contribution in [0.4, 0.5) is 17.1 Å². The first-order valence-electron chi connectivity index (χ1n) is 18.5. The van der Waals surface area contributed by atoms with Gasteiger partial charge in [-0.05, 0) is 74.2 Å². The summed E-state index contributed by atoms with van der Waals surface area (Å²) in [6.45, 7) is 0. The van der Waals surface area contributed by atoms with Gasteiger partial charge >= 0.3 is 0 Å². The van der Waals surface area contributed by atoms with Crippen molar-refractivity contribution in [3.8, 4) is 11.5 Å². The van der Waals surface area contributed by atoms with Crippen molar-refractivity contribution in [2.75, 3.05) is 10.6 Å². The Hall–Kier alpha value is -6.25. The first-order valence-corrected chi connectivity index (χ1v) is 19.4. The van der Waals surface area contributed by atoms with Gasteiger partial charge in [0, 0.05) is 56.0 Å². The Balaban J connectivity index is 0.0000000950. The number of fused-ring (bicyclic) bond motifs is 10. The molecule has 3 aromatic heterocycles. The number of hydrogen-bond acceptors (Lipinski definition) is 6. The van der Waals surface area contributed by atoms with Crippen LogP contribution >= 0.6 is 11.8 Å². The van der Waals surface area contributed by atoms with Gasteiger partial charge in [0.15, 0.2) is 17.1 Å². The highest BCUT2D eigenvalue weighted by molar-refractivity contribution is 8.00. The average Bonchev–Trinajstić information content (AvgIpc) is 3.81. The fraction of sp³-hybridized carbons (Fsp3) is 0.130. The van der Waals surface area contributed by atoms with E-state index in [0.717, 1.165) is 46.9 Å². The van der Waals surface area contributed by atoms with Gasteiger partial charge < -0.3 is 25.3 Å². The number of hydrogen-bond donors (Lipinski definition) is 4. The van der Waals surface area contributed by atoms with Crippen molar-refractivity contribution in [3.05, 3.63) is 169 Å². The van der Waals surface area contributed by atoms with Crippen molar-refractivity contribution in [2.24, 2.45) is 0 Å². The molecule has 8 heteroatoms. The van der Waals surface area contributed by atoms with Gasteiger partial charge in [0.05, 0.1) is 22.7 Å². The number of aromatic nitrogens is 4. The number of thioether (sulfide) groups is 1. The third-order valence-corrected chi connectivity index (χ3v) is 11.3. The maximum absolute atomic E-state index is 5.71. The van der Waals surface area contributed by atoms with E-state index in [1.54, 1.807) is 12.4 Å². The molecule has 4 N–H and O–H groups in total. The largest absolute Gasteiger partial charge is 0.453 e. The van der Waals surface area contributed by atoms with Crippen LogP contribution in [0, 0.1) is 0 Å². The molecule has 0 fully saturated rings. The average molecular weight is 725 g/mol. The molecule has 0 radical (unpaired) electrons. The standard InChI is InChI=1S/C12H9NO.C12H11NS.C12H9N.C10H11N3/c2*1-3-7-11-9(5-1)13-10-6-2-4-8-12(10)14-11;1-3-7-11-9(5-1)10-6-2-4-8-12(10)13-11;1-2-4-8-7(3-1)9-10(13-8)12-6-5-11-9/h1-8,13H;1-9,11,13H;1-8,13H;5-6H,1-4H2,(H,12,13). The highest BCUT2D eigenvalue weighted by Crippen LogP contribution is 2.41. The number of anilines is 3. The summed E-state index contributed by atoms with van der Waals surface area (Å²) in [5.41, 5.74) is 10.5. The fourth-order valence-corrected chi connectivity index (χ4v) is 8.50. The molecule has 7 nitrogen and oxygen atoms in total. The minimum Gasteiger partial charge on any atom is -0.453 e. The molecule has 0 saturated carbocycles. The van der Waals surface area contributed by atoms with E-state index in [0.29, 0.717) is 11.3 Å². The maximum atomic E-state index is 5.71. The molecule has 0 saturated heterocycles. The van der Waals surface area contributed by atoms with Crippen molar-refractivity contribution in [2.45, 2.75) is 41.9 Å². The molecule has 5 aromatic carbocycles. The van der Waals surface area contributed by atoms with Gasteiger partial charge in [-0.25, -0.2) is 4.98 Å². The number of H-pyrrole nitrogens is 2. The summed E-state index contributed by atoms with van der Waals surface area (Å²) in [5, 5.41) is 10.0. The highest BCUT2D eigenvalue weighted by Gasteiger charge is 2.25. The van der Waals surface area contributed by atoms with Gasteiger partial charge in [0.25, 0.3) is 0 Å². The van der Waals surface area contributed by atoms with Crippen LogP contribution in [0.15, 0.2) is 163 Å². The van der Waals surface area contributed by atoms with Crippen LogP contribution < -0.4 is 15.4 Å². The molecule has 0 bridgehead atoms. The summed E-state index contributed by atoms with van der Waals surface area (Å²) in [5.74, 6) is 1.76. The van der Waals surface area contributed by atoms with Crippen LogP contribution in [0.5, 0.6) is 11.5 Å². The monoisotopic (exact) mass is 724 g/mol. The molecule has 0 amide bonds. The Morgan fingerprint density at radius 3 is 1.96 bits per heavy atom. The SMILES string of the molecule is C1=CC2Nc3ccccc3SC2C=C1.c1ccc2c(c1)Nc1ccccc1O2.c1ccc2c(c1)[nH]c1ccccc12.c1cnc2c3c([nH]c2n1)CCCC3. The molecule has 2 unspecified atom stereocenters. The smallest absolute Gasteiger partial charge is 0.156 e. The third kappa shape index (κ3) is 7.08. The first kappa shape index (κ1) is 33.6. The molecule has 2 atom stereocenters. The van der Waals surface area contributed by atoms with Gasteiger partial charge in [-0.15, -0.1) is 11.8 Å². The lowest BCUT2D eigenvalue weighted by molar-refractivity contribution is 0.481. The molecular formula is C46H40N6OS. The summed E-state index contributed by atoms with van der Waals surface area (Å²) in [7, 11) is 0. The quantitative estimate of drug-likeness (QED) is 0.124. The highest BCUT2D eigenvalue weighted by atomic mass is 32.2. The zero-order valence-corrected chi connectivity index (χ0v) is 30.5. The van der Waals surface area contributed by atoms with Gasteiger partial charge in [0.2, 0.25) is 0 Å². The van der Waals surface area contributed by atoms with E-state index in [1.165, 1.54) is 56.5 Å². The van der Waals surface area contributed by atoms with Crippen molar-refractivity contribution in [3.63, 3.8) is 0 Å². The normalized spacial score (nSPS) is 16.8. The van der Waals surface area contributed by atoms with Crippen LogP contribution in [-0.2, 0) is 12.8 Å². The fourth-order valence-electron chi connectivity index (χ4n) is 7.32. The summed E-state index contributed by atoms with van der Waals surface area (Å²) >= 11 is 1.94. The Bertz CT molecular complexity index is 2450. The van der Waals surface area contributed by atoms with Crippen molar-refractivity contribution in [1.29, 1.82) is 0 Å². The number of benzene rings is 5. The van der Waals surface area contributed by atoms with Crippen LogP contribution in [0.2, 0.25) is 0 Å². The Kier molecular flexibility index (Phi) is 9.57. The lowest BCUT2D eigenvalue weighted by Gasteiger charge is -2.31. The number of allylic oxidation sites excluding steroid dienone is 2. The Morgan fingerprint density at radius 2 is 1.20 bits per heavy atom. The van der Waals surface area contributed by atoms with E-state index >= 15 is 0 Å². The lowest BCUT2D eigenvalue weighted by Crippen LogP contribution is -2.32. The molecule has 2 aliphatic heterocycles. The first-order chi connectivity index (χ1) is 26.8. The topological polar surface area (TPSA) is 90.6 Å². The number of para-hydroxylation sites is 7. The van der Waals surface area contributed by atoms with Crippen molar-refractivity contribution in [1.82, 2.24) is 19.9 Å². The van der Waals surface area contributed by atoms with Crippen molar-refractivity contribution >= 4 is 61.8 Å². The molecule has 5 heterocycles. The number of nitrogens with one attached hydrogen (secondary N) is 4. The minimum atomic E-state index is 0.458. The number of aryl methyl sites for hydroxylation is 2.